The van der Waals surface area contributed by atoms with Gasteiger partial charge in [0.25, 0.3) is 0 Å². The van der Waals surface area contributed by atoms with Gasteiger partial charge in [0, 0.05) is 12.5 Å². The van der Waals surface area contributed by atoms with E-state index in [1.54, 1.807) is 47.3 Å². The van der Waals surface area contributed by atoms with Crippen molar-refractivity contribution in [1.82, 2.24) is 15.1 Å². The van der Waals surface area contributed by atoms with Gasteiger partial charge in [-0.2, -0.15) is 5.10 Å². The summed E-state index contributed by atoms with van der Waals surface area (Å²) in [6, 6.07) is 16.1. The van der Waals surface area contributed by atoms with E-state index in [2.05, 4.69) is 10.4 Å². The first-order chi connectivity index (χ1) is 16.5. The first kappa shape index (κ1) is 23.3. The molecule has 0 aliphatic heterocycles. The van der Waals surface area contributed by atoms with Crippen LogP contribution in [-0.2, 0) is 9.53 Å². The highest BCUT2D eigenvalue weighted by Gasteiger charge is 2.27. The zero-order chi connectivity index (χ0) is 24.1. The molecule has 0 fully saturated rings. The first-order valence-corrected chi connectivity index (χ1v) is 10.5. The molecule has 0 aliphatic carbocycles. The van der Waals surface area contributed by atoms with E-state index in [1.165, 1.54) is 37.4 Å². The minimum Gasteiger partial charge on any atom is -0.483 e. The van der Waals surface area contributed by atoms with Crippen LogP contribution in [0.5, 0.6) is 5.75 Å². The monoisotopic (exact) mass is 467 g/mol. The molecule has 1 heterocycles. The number of fused-ring (bicyclic) bond motifs is 1. The molecule has 34 heavy (non-hydrogen) atoms. The Morgan fingerprint density at radius 3 is 2.59 bits per heavy atom. The zero-order valence-electron chi connectivity index (χ0n) is 18.3. The maximum atomic E-state index is 14.0. The number of nitrogens with zero attached hydrogens (tertiary/aromatic N) is 2. The predicted octanol–water partition coefficient (Wildman–Crippen LogP) is 3.55. The zero-order valence-corrected chi connectivity index (χ0v) is 18.3. The Bertz CT molecular complexity index is 1280. The van der Waals surface area contributed by atoms with Crippen LogP contribution in [-0.4, -0.2) is 47.2 Å². The first-order valence-electron chi connectivity index (χ1n) is 10.5. The number of benzene rings is 3. The smallest absolute Gasteiger partial charge is 0.246 e. The van der Waals surface area contributed by atoms with Crippen molar-refractivity contribution in [2.24, 2.45) is 0 Å². The lowest BCUT2D eigenvalue weighted by Crippen LogP contribution is -2.45. The van der Waals surface area contributed by atoms with Crippen molar-refractivity contribution in [3.63, 3.8) is 0 Å². The number of aromatic nitrogens is 2. The standard InChI is InChI=1S/C25H23F2N3O4/c1-33-15-24(32)29-22(14-31)25(16-3-2-4-19(27)11-16)34-21-9-10-23-17(12-21)13-28-30(23)20-7-5-18(26)6-8-20/h2-13,22,25,31H,14-15H2,1H3,(H,29,32)/t22-,25+/m0/s1. The fraction of sp³-hybridized carbons (Fsp3) is 0.200. The number of amides is 1. The number of aliphatic hydroxyl groups is 1. The van der Waals surface area contributed by atoms with Crippen molar-refractivity contribution in [2.75, 3.05) is 20.3 Å². The summed E-state index contributed by atoms with van der Waals surface area (Å²) >= 11 is 0. The summed E-state index contributed by atoms with van der Waals surface area (Å²) in [5.41, 5.74) is 1.91. The molecule has 4 rings (SSSR count). The Hall–Kier alpha value is -3.82. The van der Waals surface area contributed by atoms with Crippen LogP contribution in [0.15, 0.2) is 72.9 Å². The molecular formula is C25H23F2N3O4. The van der Waals surface area contributed by atoms with E-state index in [0.29, 0.717) is 17.0 Å². The Balaban J connectivity index is 1.65. The van der Waals surface area contributed by atoms with Crippen LogP contribution in [0, 0.1) is 11.6 Å². The van der Waals surface area contributed by atoms with Gasteiger partial charge in [-0.3, -0.25) is 4.79 Å². The molecule has 0 bridgehead atoms. The van der Waals surface area contributed by atoms with Gasteiger partial charge in [-0.05, 0) is 60.2 Å². The molecule has 3 aromatic carbocycles. The molecule has 4 aromatic rings. The van der Waals surface area contributed by atoms with Crippen LogP contribution in [0.3, 0.4) is 0 Å². The SMILES string of the molecule is COCC(=O)N[C@@H](CO)[C@H](Oc1ccc2c(cnn2-c2ccc(F)cc2)c1)c1cccc(F)c1. The van der Waals surface area contributed by atoms with Gasteiger partial charge in [0.1, 0.15) is 30.1 Å². The second-order valence-electron chi connectivity index (χ2n) is 7.64. The Morgan fingerprint density at radius 2 is 1.88 bits per heavy atom. The molecule has 0 saturated carbocycles. The molecule has 176 valence electrons. The van der Waals surface area contributed by atoms with Crippen molar-refractivity contribution in [3.8, 4) is 11.4 Å². The van der Waals surface area contributed by atoms with Crippen LogP contribution in [0.2, 0.25) is 0 Å². The summed E-state index contributed by atoms with van der Waals surface area (Å²) in [5.74, 6) is -0.820. The number of methoxy groups -OCH3 is 1. The quantitative estimate of drug-likeness (QED) is 0.393. The molecule has 0 saturated heterocycles. The van der Waals surface area contributed by atoms with E-state index >= 15 is 0 Å². The number of carbonyl (C=O) groups is 1. The normalized spacial score (nSPS) is 12.9. The van der Waals surface area contributed by atoms with Crippen molar-refractivity contribution in [1.29, 1.82) is 0 Å². The third kappa shape index (κ3) is 5.22. The number of hydrogen-bond acceptors (Lipinski definition) is 5. The van der Waals surface area contributed by atoms with Crippen molar-refractivity contribution in [2.45, 2.75) is 12.1 Å². The molecule has 2 N–H and O–H groups in total. The highest BCUT2D eigenvalue weighted by atomic mass is 19.1. The number of rotatable bonds is 9. The fourth-order valence-electron chi connectivity index (χ4n) is 3.68. The average molecular weight is 467 g/mol. The predicted molar refractivity (Wildman–Crippen MR) is 122 cm³/mol. The number of hydrogen-bond donors (Lipinski definition) is 2. The van der Waals surface area contributed by atoms with Gasteiger partial charge in [-0.25, -0.2) is 13.5 Å². The molecule has 0 unspecified atom stereocenters. The molecule has 2 atom stereocenters. The minimum atomic E-state index is -0.883. The maximum absolute atomic E-state index is 14.0. The molecular weight excluding hydrogens is 444 g/mol. The van der Waals surface area contributed by atoms with E-state index < -0.39 is 30.5 Å². The second-order valence-corrected chi connectivity index (χ2v) is 7.64. The largest absolute Gasteiger partial charge is 0.483 e. The number of carbonyl (C=O) groups excluding carboxylic acids is 1. The Labute approximate surface area is 194 Å². The van der Waals surface area contributed by atoms with E-state index in [1.807, 2.05) is 0 Å². The maximum Gasteiger partial charge on any atom is 0.246 e. The van der Waals surface area contributed by atoms with Gasteiger partial charge in [0.2, 0.25) is 5.91 Å². The molecule has 1 amide bonds. The topological polar surface area (TPSA) is 85.6 Å². The molecule has 0 radical (unpaired) electrons. The van der Waals surface area contributed by atoms with Crippen molar-refractivity contribution in [3.05, 3.63) is 90.1 Å². The summed E-state index contributed by atoms with van der Waals surface area (Å²) < 4.78 is 39.9. The van der Waals surface area contributed by atoms with E-state index in [4.69, 9.17) is 9.47 Å². The van der Waals surface area contributed by atoms with Gasteiger partial charge in [0.15, 0.2) is 0 Å². The van der Waals surface area contributed by atoms with Crippen LogP contribution in [0.25, 0.3) is 16.6 Å². The van der Waals surface area contributed by atoms with Crippen molar-refractivity contribution < 1.29 is 28.2 Å². The Kier molecular flexibility index (Phi) is 7.15. The summed E-state index contributed by atoms with van der Waals surface area (Å²) in [4.78, 5) is 12.1. The molecule has 1 aromatic heterocycles. The van der Waals surface area contributed by atoms with E-state index in [-0.39, 0.29) is 12.4 Å². The summed E-state index contributed by atoms with van der Waals surface area (Å²) in [6.45, 7) is -0.637. The summed E-state index contributed by atoms with van der Waals surface area (Å²) in [7, 11) is 1.38. The number of halogens is 2. The number of aliphatic hydroxyl groups excluding tert-OH is 1. The van der Waals surface area contributed by atoms with Gasteiger partial charge >= 0.3 is 0 Å². The van der Waals surface area contributed by atoms with Gasteiger partial charge < -0.3 is 19.9 Å². The van der Waals surface area contributed by atoms with E-state index in [9.17, 15) is 18.7 Å². The summed E-state index contributed by atoms with van der Waals surface area (Å²) in [5, 5.41) is 17.8. The molecule has 9 heteroatoms. The highest BCUT2D eigenvalue weighted by molar-refractivity contribution is 5.82. The van der Waals surface area contributed by atoms with Crippen molar-refractivity contribution >= 4 is 16.8 Å². The lowest BCUT2D eigenvalue weighted by atomic mass is 10.0. The number of nitrogens with one attached hydrogen (secondary N) is 1. The lowest BCUT2D eigenvalue weighted by Gasteiger charge is -2.28. The fourth-order valence-corrected chi connectivity index (χ4v) is 3.68. The van der Waals surface area contributed by atoms with Gasteiger partial charge in [0.05, 0.1) is 30.0 Å². The minimum absolute atomic E-state index is 0.194. The van der Waals surface area contributed by atoms with Gasteiger partial charge in [-0.1, -0.05) is 12.1 Å². The second kappa shape index (κ2) is 10.4. The average Bonchev–Trinajstić information content (AvgIpc) is 3.25. The highest BCUT2D eigenvalue weighted by Crippen LogP contribution is 2.29. The summed E-state index contributed by atoms with van der Waals surface area (Å²) in [6.07, 6.45) is 0.762. The van der Waals surface area contributed by atoms with Crippen LogP contribution in [0.1, 0.15) is 11.7 Å². The third-order valence-electron chi connectivity index (χ3n) is 5.23. The molecule has 0 spiro atoms. The molecule has 7 nitrogen and oxygen atoms in total. The Morgan fingerprint density at radius 1 is 1.09 bits per heavy atom. The van der Waals surface area contributed by atoms with E-state index in [0.717, 1.165) is 10.9 Å². The third-order valence-corrected chi connectivity index (χ3v) is 5.23. The number of ether oxygens (including phenoxy) is 2. The van der Waals surface area contributed by atoms with Crippen LogP contribution >= 0.6 is 0 Å². The van der Waals surface area contributed by atoms with Gasteiger partial charge in [-0.15, -0.1) is 0 Å². The van der Waals surface area contributed by atoms with Crippen LogP contribution < -0.4 is 10.1 Å². The van der Waals surface area contributed by atoms with Crippen LogP contribution in [0.4, 0.5) is 8.78 Å². The lowest BCUT2D eigenvalue weighted by molar-refractivity contribution is -0.126. The molecule has 0 aliphatic rings.